The third-order valence-electron chi connectivity index (χ3n) is 4.76. The van der Waals surface area contributed by atoms with Crippen LogP contribution in [0.25, 0.3) is 0 Å². The number of rotatable bonds is 6. The maximum absolute atomic E-state index is 12.7. The maximum Gasteiger partial charge on any atom is 0.244 e. The minimum absolute atomic E-state index is 0.0581. The van der Waals surface area contributed by atoms with Gasteiger partial charge in [-0.3, -0.25) is 14.2 Å². The number of hydrogen-bond donors (Lipinski definition) is 1. The van der Waals surface area contributed by atoms with Gasteiger partial charge in [-0.2, -0.15) is 10.2 Å². The van der Waals surface area contributed by atoms with Gasteiger partial charge in [-0.15, -0.1) is 0 Å². The van der Waals surface area contributed by atoms with Crippen LogP contribution in [0.4, 0.5) is 0 Å². The lowest BCUT2D eigenvalue weighted by molar-refractivity contribution is -0.133. The number of aliphatic hydroxyl groups excluding tert-OH is 1. The van der Waals surface area contributed by atoms with E-state index in [1.54, 1.807) is 9.58 Å². The van der Waals surface area contributed by atoms with Gasteiger partial charge in [0.05, 0.1) is 18.0 Å². The summed E-state index contributed by atoms with van der Waals surface area (Å²) in [5, 5.41) is 18.2. The van der Waals surface area contributed by atoms with Crippen LogP contribution < -0.4 is 0 Å². The first-order valence-corrected chi connectivity index (χ1v) is 8.14. The van der Waals surface area contributed by atoms with E-state index in [-0.39, 0.29) is 19.1 Å². The Morgan fingerprint density at radius 2 is 1.75 bits per heavy atom. The van der Waals surface area contributed by atoms with E-state index in [0.29, 0.717) is 13.1 Å². The van der Waals surface area contributed by atoms with Crippen molar-refractivity contribution in [2.75, 3.05) is 13.2 Å². The number of nitrogens with zero attached hydrogens (tertiary/aromatic N) is 5. The molecule has 7 nitrogen and oxygen atoms in total. The molecule has 0 bridgehead atoms. The number of carbonyl (C=O) groups excluding carboxylic acids is 1. The lowest BCUT2D eigenvalue weighted by Gasteiger charge is -2.22. The van der Waals surface area contributed by atoms with Crippen molar-refractivity contribution in [2.45, 2.75) is 47.7 Å². The zero-order chi connectivity index (χ0) is 18.0. The molecule has 2 rings (SSSR count). The van der Waals surface area contributed by atoms with Gasteiger partial charge in [-0.1, -0.05) is 0 Å². The second-order valence-electron chi connectivity index (χ2n) is 6.27. The molecule has 0 aliphatic carbocycles. The molecule has 0 spiro atoms. The third kappa shape index (κ3) is 3.51. The van der Waals surface area contributed by atoms with E-state index in [2.05, 4.69) is 10.2 Å². The Kier molecular flexibility index (Phi) is 5.43. The van der Waals surface area contributed by atoms with Gasteiger partial charge in [0, 0.05) is 37.1 Å². The summed E-state index contributed by atoms with van der Waals surface area (Å²) in [6, 6.07) is 0. The highest BCUT2D eigenvalue weighted by molar-refractivity contribution is 5.76. The molecule has 0 fully saturated rings. The summed E-state index contributed by atoms with van der Waals surface area (Å²) in [6.07, 6.45) is 0. The lowest BCUT2D eigenvalue weighted by Crippen LogP contribution is -2.36. The van der Waals surface area contributed by atoms with E-state index in [1.165, 1.54) is 0 Å². The highest BCUT2D eigenvalue weighted by Crippen LogP contribution is 2.16. The number of aryl methyl sites for hydroxylation is 3. The Morgan fingerprint density at radius 1 is 1.08 bits per heavy atom. The smallest absolute Gasteiger partial charge is 0.244 e. The molecule has 0 unspecified atom stereocenters. The molecule has 0 atom stereocenters. The van der Waals surface area contributed by atoms with Crippen LogP contribution in [0.5, 0.6) is 0 Å². The van der Waals surface area contributed by atoms with Gasteiger partial charge < -0.3 is 10.0 Å². The topological polar surface area (TPSA) is 76.2 Å². The van der Waals surface area contributed by atoms with Crippen molar-refractivity contribution in [1.82, 2.24) is 24.5 Å². The summed E-state index contributed by atoms with van der Waals surface area (Å²) in [6.45, 7) is 10.7. The summed E-state index contributed by atoms with van der Waals surface area (Å²) in [7, 11) is 1.89. The Labute approximate surface area is 142 Å². The molecule has 0 aliphatic rings. The van der Waals surface area contributed by atoms with Gasteiger partial charge in [0.2, 0.25) is 5.91 Å². The summed E-state index contributed by atoms with van der Waals surface area (Å²) in [5.74, 6) is -0.0581. The monoisotopic (exact) mass is 333 g/mol. The van der Waals surface area contributed by atoms with Crippen molar-refractivity contribution >= 4 is 5.91 Å². The molecule has 1 amide bonds. The number of amides is 1. The molecule has 0 radical (unpaired) electrons. The lowest BCUT2D eigenvalue weighted by atomic mass is 10.2. The number of aromatic nitrogens is 4. The molecule has 0 saturated heterocycles. The minimum atomic E-state index is -0.0692. The molecule has 0 aliphatic heterocycles. The minimum Gasteiger partial charge on any atom is -0.395 e. The van der Waals surface area contributed by atoms with Crippen LogP contribution in [0.3, 0.4) is 0 Å². The van der Waals surface area contributed by atoms with Gasteiger partial charge in [-0.05, 0) is 40.2 Å². The van der Waals surface area contributed by atoms with Gasteiger partial charge in [0.1, 0.15) is 6.54 Å². The molecular formula is C17H27N5O2. The number of hydrogen-bond acceptors (Lipinski definition) is 4. The van der Waals surface area contributed by atoms with Crippen LogP contribution in [0.2, 0.25) is 0 Å². The van der Waals surface area contributed by atoms with Gasteiger partial charge in [0.25, 0.3) is 0 Å². The predicted molar refractivity (Wildman–Crippen MR) is 91.6 cm³/mol. The first-order valence-electron chi connectivity index (χ1n) is 8.14. The van der Waals surface area contributed by atoms with Crippen molar-refractivity contribution in [3.05, 3.63) is 33.9 Å². The maximum atomic E-state index is 12.7. The van der Waals surface area contributed by atoms with Crippen LogP contribution in [-0.2, 0) is 24.9 Å². The van der Waals surface area contributed by atoms with Crippen molar-refractivity contribution in [3.8, 4) is 0 Å². The molecule has 24 heavy (non-hydrogen) atoms. The van der Waals surface area contributed by atoms with Gasteiger partial charge in [-0.25, -0.2) is 0 Å². The Bertz CT molecular complexity index is 745. The first kappa shape index (κ1) is 18.2. The SMILES string of the molecule is Cc1nn(CC(=O)N(CCO)Cc2c(C)nn(C)c2C)c(C)c1C. The summed E-state index contributed by atoms with van der Waals surface area (Å²) in [5.41, 5.74) is 6.02. The van der Waals surface area contributed by atoms with Crippen molar-refractivity contribution in [2.24, 2.45) is 7.05 Å². The number of aliphatic hydroxyl groups is 1. The van der Waals surface area contributed by atoms with Crippen LogP contribution in [0.15, 0.2) is 0 Å². The van der Waals surface area contributed by atoms with Crippen molar-refractivity contribution < 1.29 is 9.90 Å². The molecule has 1 N–H and O–H groups in total. The van der Waals surface area contributed by atoms with E-state index in [1.807, 2.05) is 46.3 Å². The molecule has 7 heteroatoms. The molecule has 132 valence electrons. The fourth-order valence-corrected chi connectivity index (χ4v) is 2.82. The quantitative estimate of drug-likeness (QED) is 0.861. The molecule has 2 heterocycles. The zero-order valence-electron chi connectivity index (χ0n) is 15.4. The van der Waals surface area contributed by atoms with Crippen molar-refractivity contribution in [3.63, 3.8) is 0 Å². The van der Waals surface area contributed by atoms with E-state index in [4.69, 9.17) is 0 Å². The fraction of sp³-hybridized carbons (Fsp3) is 0.588. The van der Waals surface area contributed by atoms with Gasteiger partial charge in [0.15, 0.2) is 0 Å². The summed E-state index contributed by atoms with van der Waals surface area (Å²) in [4.78, 5) is 14.4. The first-order chi connectivity index (χ1) is 11.3. The van der Waals surface area contributed by atoms with E-state index in [0.717, 1.165) is 33.9 Å². The third-order valence-corrected chi connectivity index (χ3v) is 4.76. The Morgan fingerprint density at radius 3 is 2.21 bits per heavy atom. The Balaban J connectivity index is 2.20. The summed E-state index contributed by atoms with van der Waals surface area (Å²) < 4.78 is 3.55. The second-order valence-corrected chi connectivity index (χ2v) is 6.27. The van der Waals surface area contributed by atoms with E-state index >= 15 is 0 Å². The Hall–Kier alpha value is -2.15. The summed E-state index contributed by atoms with van der Waals surface area (Å²) >= 11 is 0. The molecule has 0 saturated carbocycles. The predicted octanol–water partition coefficient (Wildman–Crippen LogP) is 1.18. The van der Waals surface area contributed by atoms with Crippen molar-refractivity contribution in [1.29, 1.82) is 0 Å². The average molecular weight is 333 g/mol. The zero-order valence-corrected chi connectivity index (χ0v) is 15.4. The van der Waals surface area contributed by atoms with Crippen LogP contribution in [-0.4, -0.2) is 48.6 Å². The second kappa shape index (κ2) is 7.17. The van der Waals surface area contributed by atoms with Crippen LogP contribution >= 0.6 is 0 Å². The van der Waals surface area contributed by atoms with Gasteiger partial charge >= 0.3 is 0 Å². The highest BCUT2D eigenvalue weighted by atomic mass is 16.3. The van der Waals surface area contributed by atoms with E-state index < -0.39 is 0 Å². The van der Waals surface area contributed by atoms with Crippen LogP contribution in [0.1, 0.15) is 33.9 Å². The molecular weight excluding hydrogens is 306 g/mol. The highest BCUT2D eigenvalue weighted by Gasteiger charge is 2.20. The van der Waals surface area contributed by atoms with E-state index in [9.17, 15) is 9.90 Å². The average Bonchev–Trinajstić information content (AvgIpc) is 2.91. The standard InChI is InChI=1S/C17H27N5O2/c1-11-12(2)19-22(14(11)4)10-17(24)21(7-8-23)9-16-13(3)18-20(6)15(16)5/h23H,7-10H2,1-6H3. The fourth-order valence-electron chi connectivity index (χ4n) is 2.82. The molecule has 2 aromatic rings. The van der Waals surface area contributed by atoms with Crippen LogP contribution in [0, 0.1) is 34.6 Å². The largest absolute Gasteiger partial charge is 0.395 e. The molecule has 0 aromatic carbocycles. The molecule has 2 aromatic heterocycles. The normalized spacial score (nSPS) is 11.1. The number of carbonyl (C=O) groups is 1.